The lowest BCUT2D eigenvalue weighted by atomic mass is 10.1. The maximum absolute atomic E-state index is 11.7. The molecule has 5 heteroatoms. The molecule has 1 saturated heterocycles. The van der Waals surface area contributed by atoms with Crippen LogP contribution in [0.15, 0.2) is 0 Å². The van der Waals surface area contributed by atoms with Crippen LogP contribution in [0.4, 0.5) is 4.79 Å². The van der Waals surface area contributed by atoms with Gasteiger partial charge < -0.3 is 20.5 Å². The number of hydrogen-bond acceptors (Lipinski definition) is 3. The molecular formula is C12H22N2O3. The Morgan fingerprint density at radius 1 is 1.12 bits per heavy atom. The lowest BCUT2D eigenvalue weighted by molar-refractivity contribution is 0.121. The van der Waals surface area contributed by atoms with Crippen molar-refractivity contribution in [3.05, 3.63) is 0 Å². The van der Waals surface area contributed by atoms with Crippen LogP contribution >= 0.6 is 0 Å². The van der Waals surface area contributed by atoms with E-state index in [9.17, 15) is 9.90 Å². The number of amides is 2. The zero-order chi connectivity index (χ0) is 12.1. The summed E-state index contributed by atoms with van der Waals surface area (Å²) in [6.45, 7) is 1.32. The van der Waals surface area contributed by atoms with Crippen LogP contribution in [0, 0.1) is 0 Å². The molecule has 98 valence electrons. The van der Waals surface area contributed by atoms with Crippen molar-refractivity contribution in [2.75, 3.05) is 13.2 Å². The second kappa shape index (κ2) is 6.21. The van der Waals surface area contributed by atoms with Gasteiger partial charge in [-0.1, -0.05) is 19.3 Å². The number of rotatable bonds is 2. The van der Waals surface area contributed by atoms with Crippen molar-refractivity contribution in [1.29, 1.82) is 0 Å². The quantitative estimate of drug-likeness (QED) is 0.626. The lowest BCUT2D eigenvalue weighted by Crippen LogP contribution is -2.50. The molecule has 2 fully saturated rings. The fraction of sp³-hybridized carbons (Fsp3) is 0.917. The van der Waals surface area contributed by atoms with Crippen molar-refractivity contribution in [2.24, 2.45) is 0 Å². The predicted octanol–water partition coefficient (Wildman–Crippen LogP) is 0.768. The Labute approximate surface area is 102 Å². The molecule has 1 heterocycles. The van der Waals surface area contributed by atoms with E-state index < -0.39 is 6.10 Å². The standard InChI is InChI=1S/C12H22N2O3/c15-11-5-3-1-2-4-10(11)14-12(16)13-9-6-7-17-8-9/h9-11,15H,1-8H2,(H2,13,14,16). The number of carbonyl (C=O) groups excluding carboxylic acids is 1. The molecule has 0 aromatic rings. The summed E-state index contributed by atoms with van der Waals surface area (Å²) in [6, 6.07) is -0.149. The van der Waals surface area contributed by atoms with E-state index in [2.05, 4.69) is 10.6 Å². The van der Waals surface area contributed by atoms with E-state index in [4.69, 9.17) is 4.74 Å². The Kier molecular flexibility index (Phi) is 4.62. The van der Waals surface area contributed by atoms with Gasteiger partial charge in [-0.25, -0.2) is 4.79 Å². The normalized spacial score (nSPS) is 34.1. The monoisotopic (exact) mass is 242 g/mol. The van der Waals surface area contributed by atoms with Crippen molar-refractivity contribution >= 4 is 6.03 Å². The molecule has 0 radical (unpaired) electrons. The first-order chi connectivity index (χ1) is 8.25. The summed E-state index contributed by atoms with van der Waals surface area (Å²) in [6.07, 6.45) is 5.41. The van der Waals surface area contributed by atoms with E-state index in [1.807, 2.05) is 0 Å². The summed E-state index contributed by atoms with van der Waals surface area (Å²) in [5.74, 6) is 0. The van der Waals surface area contributed by atoms with E-state index in [0.29, 0.717) is 6.61 Å². The number of urea groups is 1. The molecule has 2 aliphatic rings. The zero-order valence-corrected chi connectivity index (χ0v) is 10.2. The smallest absolute Gasteiger partial charge is 0.315 e. The SMILES string of the molecule is O=C(NC1CCOC1)NC1CCCCCC1O. The Hall–Kier alpha value is -0.810. The highest BCUT2D eigenvalue weighted by atomic mass is 16.5. The van der Waals surface area contributed by atoms with Crippen LogP contribution in [0.25, 0.3) is 0 Å². The van der Waals surface area contributed by atoms with Crippen LogP contribution in [0.1, 0.15) is 38.5 Å². The molecule has 17 heavy (non-hydrogen) atoms. The minimum Gasteiger partial charge on any atom is -0.391 e. The van der Waals surface area contributed by atoms with Crippen LogP contribution in [-0.2, 0) is 4.74 Å². The molecule has 1 saturated carbocycles. The van der Waals surface area contributed by atoms with Gasteiger partial charge in [0.05, 0.1) is 24.8 Å². The molecule has 3 N–H and O–H groups in total. The summed E-state index contributed by atoms with van der Waals surface area (Å²) < 4.78 is 5.20. The number of aliphatic hydroxyl groups is 1. The molecule has 0 aromatic heterocycles. The molecule has 3 unspecified atom stereocenters. The van der Waals surface area contributed by atoms with Gasteiger partial charge in [-0.2, -0.15) is 0 Å². The number of aliphatic hydroxyl groups excluding tert-OH is 1. The first kappa shape index (κ1) is 12.6. The molecule has 1 aliphatic heterocycles. The summed E-state index contributed by atoms with van der Waals surface area (Å²) in [7, 11) is 0. The highest BCUT2D eigenvalue weighted by molar-refractivity contribution is 5.74. The van der Waals surface area contributed by atoms with Crippen molar-refractivity contribution in [3.63, 3.8) is 0 Å². The van der Waals surface area contributed by atoms with Crippen molar-refractivity contribution < 1.29 is 14.6 Å². The summed E-state index contributed by atoms with van der Waals surface area (Å²) in [5, 5.41) is 15.7. The van der Waals surface area contributed by atoms with Crippen LogP contribution in [0.2, 0.25) is 0 Å². The van der Waals surface area contributed by atoms with E-state index in [0.717, 1.165) is 45.1 Å². The molecule has 1 aliphatic carbocycles. The third-order valence-corrected chi connectivity index (χ3v) is 3.56. The number of ether oxygens (including phenoxy) is 1. The Morgan fingerprint density at radius 2 is 1.94 bits per heavy atom. The zero-order valence-electron chi connectivity index (χ0n) is 10.2. The first-order valence-electron chi connectivity index (χ1n) is 6.58. The van der Waals surface area contributed by atoms with E-state index in [1.165, 1.54) is 0 Å². The molecule has 2 rings (SSSR count). The highest BCUT2D eigenvalue weighted by Gasteiger charge is 2.24. The molecular weight excluding hydrogens is 220 g/mol. The van der Waals surface area contributed by atoms with Crippen molar-refractivity contribution in [1.82, 2.24) is 10.6 Å². The van der Waals surface area contributed by atoms with Crippen LogP contribution in [0.5, 0.6) is 0 Å². The van der Waals surface area contributed by atoms with Gasteiger partial charge in [0.2, 0.25) is 0 Å². The average Bonchev–Trinajstić information content (AvgIpc) is 2.71. The van der Waals surface area contributed by atoms with E-state index in [1.54, 1.807) is 0 Å². The fourth-order valence-electron chi connectivity index (χ4n) is 2.50. The first-order valence-corrected chi connectivity index (χ1v) is 6.58. The van der Waals surface area contributed by atoms with Gasteiger partial charge in [-0.3, -0.25) is 0 Å². The highest BCUT2D eigenvalue weighted by Crippen LogP contribution is 2.18. The maximum Gasteiger partial charge on any atom is 0.315 e. The minimum atomic E-state index is -0.400. The van der Waals surface area contributed by atoms with Gasteiger partial charge in [0, 0.05) is 6.61 Å². The fourth-order valence-corrected chi connectivity index (χ4v) is 2.50. The minimum absolute atomic E-state index is 0.0974. The summed E-state index contributed by atoms with van der Waals surface area (Å²) in [5.41, 5.74) is 0. The Morgan fingerprint density at radius 3 is 2.71 bits per heavy atom. The third kappa shape index (κ3) is 3.85. The van der Waals surface area contributed by atoms with Crippen LogP contribution in [0.3, 0.4) is 0 Å². The molecule has 0 bridgehead atoms. The number of carbonyl (C=O) groups is 1. The van der Waals surface area contributed by atoms with Gasteiger partial charge in [0.15, 0.2) is 0 Å². The van der Waals surface area contributed by atoms with Crippen LogP contribution in [-0.4, -0.2) is 42.5 Å². The third-order valence-electron chi connectivity index (χ3n) is 3.56. The van der Waals surface area contributed by atoms with Crippen molar-refractivity contribution in [3.8, 4) is 0 Å². The van der Waals surface area contributed by atoms with Crippen molar-refractivity contribution in [2.45, 2.75) is 56.7 Å². The van der Waals surface area contributed by atoms with Gasteiger partial charge in [-0.15, -0.1) is 0 Å². The molecule has 0 spiro atoms. The Balaban J connectivity index is 1.75. The molecule has 5 nitrogen and oxygen atoms in total. The van der Waals surface area contributed by atoms with E-state index >= 15 is 0 Å². The Bertz CT molecular complexity index is 254. The second-order valence-corrected chi connectivity index (χ2v) is 4.99. The lowest BCUT2D eigenvalue weighted by Gasteiger charge is -2.23. The topological polar surface area (TPSA) is 70.6 Å². The second-order valence-electron chi connectivity index (χ2n) is 4.99. The van der Waals surface area contributed by atoms with Crippen LogP contribution < -0.4 is 10.6 Å². The van der Waals surface area contributed by atoms with Gasteiger partial charge >= 0.3 is 6.03 Å². The van der Waals surface area contributed by atoms with Gasteiger partial charge in [0.1, 0.15) is 0 Å². The van der Waals surface area contributed by atoms with Gasteiger partial charge in [-0.05, 0) is 19.3 Å². The largest absolute Gasteiger partial charge is 0.391 e. The average molecular weight is 242 g/mol. The molecule has 2 amide bonds. The summed E-state index contributed by atoms with van der Waals surface area (Å²) in [4.78, 5) is 11.7. The van der Waals surface area contributed by atoms with Gasteiger partial charge in [0.25, 0.3) is 0 Å². The maximum atomic E-state index is 11.7. The molecule has 3 atom stereocenters. The number of nitrogens with one attached hydrogen (secondary N) is 2. The molecule has 0 aromatic carbocycles. The van der Waals surface area contributed by atoms with E-state index in [-0.39, 0.29) is 18.1 Å². The number of hydrogen-bond donors (Lipinski definition) is 3. The summed E-state index contributed by atoms with van der Waals surface area (Å²) >= 11 is 0. The predicted molar refractivity (Wildman–Crippen MR) is 63.8 cm³/mol.